The highest BCUT2D eigenvalue weighted by atomic mass is 32.2. The van der Waals surface area contributed by atoms with E-state index in [1.807, 2.05) is 30.3 Å². The predicted molar refractivity (Wildman–Crippen MR) is 91.4 cm³/mol. The van der Waals surface area contributed by atoms with Gasteiger partial charge in [-0.25, -0.2) is 0 Å². The van der Waals surface area contributed by atoms with Gasteiger partial charge in [-0.05, 0) is 43.7 Å². The maximum absolute atomic E-state index is 13.0. The van der Waals surface area contributed by atoms with Crippen molar-refractivity contribution in [2.45, 2.75) is 55.6 Å². The lowest BCUT2D eigenvalue weighted by Crippen LogP contribution is -2.33. The van der Waals surface area contributed by atoms with E-state index in [-0.39, 0.29) is 22.4 Å². The molecule has 1 aromatic rings. The molecule has 0 aliphatic heterocycles. The van der Waals surface area contributed by atoms with E-state index in [0.717, 1.165) is 30.6 Å². The normalized spacial score (nSPS) is 26.4. The maximum Gasteiger partial charge on any atom is 0.316 e. The van der Waals surface area contributed by atoms with Crippen molar-refractivity contribution in [2.75, 3.05) is 6.61 Å². The molecule has 0 N–H and O–H groups in total. The molecule has 124 valence electrons. The van der Waals surface area contributed by atoms with Crippen molar-refractivity contribution in [3.8, 4) is 0 Å². The minimum absolute atomic E-state index is 0.0206. The SMILES string of the molecule is CCOC(=O)[C@@H]1CC2(CCCCC2)[C@@H](Sc2ccccc2)C1=O. The zero-order chi connectivity index (χ0) is 16.3. The fourth-order valence-corrected chi connectivity index (χ4v) is 5.53. The summed E-state index contributed by atoms with van der Waals surface area (Å²) >= 11 is 1.65. The summed E-state index contributed by atoms with van der Waals surface area (Å²) in [6.45, 7) is 2.13. The number of hydrogen-bond donors (Lipinski definition) is 0. The van der Waals surface area contributed by atoms with E-state index >= 15 is 0 Å². The number of benzene rings is 1. The second-order valence-electron chi connectivity index (χ2n) is 6.65. The predicted octanol–water partition coefficient (Wildman–Crippen LogP) is 4.25. The van der Waals surface area contributed by atoms with Crippen molar-refractivity contribution in [1.29, 1.82) is 0 Å². The van der Waals surface area contributed by atoms with Crippen molar-refractivity contribution in [2.24, 2.45) is 11.3 Å². The fourth-order valence-electron chi connectivity index (χ4n) is 4.08. The first-order valence-corrected chi connectivity index (χ1v) is 9.46. The van der Waals surface area contributed by atoms with E-state index in [9.17, 15) is 9.59 Å². The summed E-state index contributed by atoms with van der Waals surface area (Å²) in [5.74, 6) is -0.799. The highest BCUT2D eigenvalue weighted by molar-refractivity contribution is 8.00. The number of rotatable bonds is 4. The molecule has 0 amide bonds. The average molecular weight is 332 g/mol. The quantitative estimate of drug-likeness (QED) is 0.611. The summed E-state index contributed by atoms with van der Waals surface area (Å²) in [7, 11) is 0. The van der Waals surface area contributed by atoms with E-state index in [1.165, 1.54) is 6.42 Å². The van der Waals surface area contributed by atoms with Gasteiger partial charge in [-0.15, -0.1) is 11.8 Å². The van der Waals surface area contributed by atoms with Crippen LogP contribution in [0.5, 0.6) is 0 Å². The van der Waals surface area contributed by atoms with Crippen LogP contribution in [-0.4, -0.2) is 23.6 Å². The first-order chi connectivity index (χ1) is 11.2. The number of ether oxygens (including phenoxy) is 1. The van der Waals surface area contributed by atoms with Crippen molar-refractivity contribution in [1.82, 2.24) is 0 Å². The first-order valence-electron chi connectivity index (χ1n) is 8.58. The third-order valence-electron chi connectivity index (χ3n) is 5.19. The molecule has 0 saturated heterocycles. The van der Waals surface area contributed by atoms with Gasteiger partial charge in [0.25, 0.3) is 0 Å². The van der Waals surface area contributed by atoms with Crippen molar-refractivity contribution in [3.63, 3.8) is 0 Å². The standard InChI is InChI=1S/C19H24O3S/c1-2-22-18(21)15-13-19(11-7-4-8-12-19)17(16(15)20)23-14-9-5-3-6-10-14/h3,5-6,9-10,15,17H,2,4,7-8,11-13H2,1H3/t15-,17+/m1/s1. The maximum atomic E-state index is 13.0. The summed E-state index contributed by atoms with van der Waals surface area (Å²) in [4.78, 5) is 26.3. The van der Waals surface area contributed by atoms with E-state index in [2.05, 4.69) is 0 Å². The minimum atomic E-state index is -0.561. The summed E-state index contributed by atoms with van der Waals surface area (Å²) in [5.41, 5.74) is -0.0206. The molecule has 0 unspecified atom stereocenters. The van der Waals surface area contributed by atoms with Gasteiger partial charge in [0.2, 0.25) is 0 Å². The van der Waals surface area contributed by atoms with Gasteiger partial charge < -0.3 is 4.74 Å². The van der Waals surface area contributed by atoms with Crippen LogP contribution >= 0.6 is 11.8 Å². The lowest BCUT2D eigenvalue weighted by Gasteiger charge is -2.37. The molecule has 2 atom stereocenters. The van der Waals surface area contributed by atoms with Crippen molar-refractivity contribution < 1.29 is 14.3 Å². The second-order valence-corrected chi connectivity index (χ2v) is 7.82. The Morgan fingerprint density at radius 1 is 1.22 bits per heavy atom. The molecule has 0 aromatic heterocycles. The molecule has 2 aliphatic carbocycles. The largest absolute Gasteiger partial charge is 0.465 e. The van der Waals surface area contributed by atoms with Crippen molar-refractivity contribution >= 4 is 23.5 Å². The van der Waals surface area contributed by atoms with E-state index < -0.39 is 5.92 Å². The zero-order valence-corrected chi connectivity index (χ0v) is 14.4. The summed E-state index contributed by atoms with van der Waals surface area (Å²) < 4.78 is 5.16. The molecule has 2 saturated carbocycles. The topological polar surface area (TPSA) is 43.4 Å². The number of carbonyl (C=O) groups excluding carboxylic acids is 2. The molecule has 1 spiro atoms. The minimum Gasteiger partial charge on any atom is -0.465 e. The van der Waals surface area contributed by atoms with Gasteiger partial charge in [-0.1, -0.05) is 37.5 Å². The molecule has 23 heavy (non-hydrogen) atoms. The molecule has 4 heteroatoms. The molecule has 3 nitrogen and oxygen atoms in total. The number of thioether (sulfide) groups is 1. The second kappa shape index (κ2) is 7.08. The van der Waals surface area contributed by atoms with E-state index in [4.69, 9.17) is 4.74 Å². The van der Waals surface area contributed by atoms with Crippen LogP contribution in [0.15, 0.2) is 35.2 Å². The first kappa shape index (κ1) is 16.6. The number of Topliss-reactive ketones (excluding diaryl/α,β-unsaturated/α-hetero) is 1. The van der Waals surface area contributed by atoms with Gasteiger partial charge in [0.15, 0.2) is 5.78 Å². The van der Waals surface area contributed by atoms with Crippen LogP contribution < -0.4 is 0 Å². The van der Waals surface area contributed by atoms with Crippen LogP contribution in [0.1, 0.15) is 45.4 Å². The Morgan fingerprint density at radius 3 is 2.57 bits per heavy atom. The molecule has 0 radical (unpaired) electrons. The molecule has 2 fully saturated rings. The van der Waals surface area contributed by atoms with Gasteiger partial charge in [0, 0.05) is 4.90 Å². The molecule has 1 aromatic carbocycles. The van der Waals surface area contributed by atoms with E-state index in [0.29, 0.717) is 13.0 Å². The van der Waals surface area contributed by atoms with Gasteiger partial charge in [0.1, 0.15) is 5.92 Å². The molecule has 0 heterocycles. The number of esters is 1. The zero-order valence-electron chi connectivity index (χ0n) is 13.6. The van der Waals surface area contributed by atoms with Crippen LogP contribution in [0.3, 0.4) is 0 Å². The smallest absolute Gasteiger partial charge is 0.316 e. The van der Waals surface area contributed by atoms with Gasteiger partial charge in [-0.3, -0.25) is 9.59 Å². The third kappa shape index (κ3) is 3.32. The number of ketones is 1. The Kier molecular flexibility index (Phi) is 5.10. The van der Waals surface area contributed by atoms with E-state index in [1.54, 1.807) is 18.7 Å². The number of hydrogen-bond acceptors (Lipinski definition) is 4. The Bertz CT molecular complexity index is 563. The molecular weight excluding hydrogens is 308 g/mol. The monoisotopic (exact) mass is 332 g/mol. The lowest BCUT2D eigenvalue weighted by molar-refractivity contribution is -0.150. The van der Waals surface area contributed by atoms with Gasteiger partial charge in [-0.2, -0.15) is 0 Å². The molecule has 0 bridgehead atoms. The summed E-state index contributed by atoms with van der Waals surface area (Å²) in [6, 6.07) is 10.1. The Balaban J connectivity index is 1.86. The lowest BCUT2D eigenvalue weighted by atomic mass is 9.72. The summed E-state index contributed by atoms with van der Waals surface area (Å²) in [6.07, 6.45) is 6.35. The van der Waals surface area contributed by atoms with Crippen LogP contribution in [-0.2, 0) is 14.3 Å². The Morgan fingerprint density at radius 2 is 1.91 bits per heavy atom. The molecule has 3 rings (SSSR count). The number of carbonyl (C=O) groups is 2. The molecular formula is C19H24O3S. The fraction of sp³-hybridized carbons (Fsp3) is 0.579. The molecule has 2 aliphatic rings. The van der Waals surface area contributed by atoms with Gasteiger partial charge >= 0.3 is 5.97 Å². The highest BCUT2D eigenvalue weighted by Crippen LogP contribution is 2.55. The highest BCUT2D eigenvalue weighted by Gasteiger charge is 2.56. The van der Waals surface area contributed by atoms with Crippen LogP contribution in [0.25, 0.3) is 0 Å². The Labute approximate surface area is 142 Å². The van der Waals surface area contributed by atoms with Crippen LogP contribution in [0.2, 0.25) is 0 Å². The average Bonchev–Trinajstić information content (AvgIpc) is 2.83. The van der Waals surface area contributed by atoms with Crippen LogP contribution in [0.4, 0.5) is 0 Å². The summed E-state index contributed by atoms with van der Waals surface area (Å²) in [5, 5.41) is -0.111. The third-order valence-corrected chi connectivity index (χ3v) is 6.70. The van der Waals surface area contributed by atoms with Crippen LogP contribution in [0, 0.1) is 11.3 Å². The Hall–Kier alpha value is -1.29. The van der Waals surface area contributed by atoms with Gasteiger partial charge in [0.05, 0.1) is 11.9 Å². The van der Waals surface area contributed by atoms with Crippen molar-refractivity contribution in [3.05, 3.63) is 30.3 Å².